The van der Waals surface area contributed by atoms with Crippen molar-refractivity contribution in [3.05, 3.63) is 41.2 Å². The molecule has 122 valence electrons. The zero-order valence-electron chi connectivity index (χ0n) is 13.3. The van der Waals surface area contributed by atoms with Crippen molar-refractivity contribution >= 4 is 5.91 Å². The first-order valence-corrected chi connectivity index (χ1v) is 7.60. The van der Waals surface area contributed by atoms with E-state index >= 15 is 0 Å². The molecule has 1 N–H and O–H groups in total. The maximum Gasteiger partial charge on any atom is 0.228 e. The molecule has 1 fully saturated rings. The summed E-state index contributed by atoms with van der Waals surface area (Å²) in [4.78, 5) is 14.3. The Bertz CT molecular complexity index is 685. The van der Waals surface area contributed by atoms with Crippen molar-refractivity contribution in [1.82, 2.24) is 20.5 Å². The first-order chi connectivity index (χ1) is 11.2. The molecule has 1 amide bonds. The fraction of sp³-hybridized carbons (Fsp3) is 0.438. The second-order valence-electron chi connectivity index (χ2n) is 5.60. The van der Waals surface area contributed by atoms with Crippen molar-refractivity contribution < 1.29 is 14.2 Å². The number of methoxy groups -OCH3 is 1. The number of hydrogen-bond acceptors (Lipinski definition) is 6. The van der Waals surface area contributed by atoms with Gasteiger partial charge in [0.05, 0.1) is 19.6 Å². The third kappa shape index (κ3) is 3.50. The Morgan fingerprint density at radius 2 is 2.35 bits per heavy atom. The van der Waals surface area contributed by atoms with Gasteiger partial charge in [-0.05, 0) is 24.6 Å². The van der Waals surface area contributed by atoms with Crippen LogP contribution < -0.4 is 10.1 Å². The molecule has 0 saturated carbocycles. The van der Waals surface area contributed by atoms with Crippen LogP contribution in [-0.2, 0) is 11.2 Å². The maximum absolute atomic E-state index is 12.5. The molecule has 2 aromatic rings. The Morgan fingerprint density at radius 1 is 1.48 bits per heavy atom. The van der Waals surface area contributed by atoms with Gasteiger partial charge in [0.2, 0.25) is 5.91 Å². The van der Waals surface area contributed by atoms with E-state index in [9.17, 15) is 4.79 Å². The van der Waals surface area contributed by atoms with Crippen LogP contribution in [0.5, 0.6) is 5.75 Å². The zero-order valence-corrected chi connectivity index (χ0v) is 13.3. The van der Waals surface area contributed by atoms with Crippen LogP contribution >= 0.6 is 0 Å². The van der Waals surface area contributed by atoms with Gasteiger partial charge in [0, 0.05) is 19.6 Å². The van der Waals surface area contributed by atoms with Crippen LogP contribution in [0.25, 0.3) is 0 Å². The van der Waals surface area contributed by atoms with E-state index in [1.54, 1.807) is 14.0 Å². The third-order valence-corrected chi connectivity index (χ3v) is 4.09. The van der Waals surface area contributed by atoms with Gasteiger partial charge in [0.25, 0.3) is 0 Å². The molecule has 23 heavy (non-hydrogen) atoms. The number of aromatic nitrogens is 2. The van der Waals surface area contributed by atoms with Gasteiger partial charge in [-0.1, -0.05) is 22.4 Å². The summed E-state index contributed by atoms with van der Waals surface area (Å²) in [5.74, 6) is 0.857. The molecular formula is C16H20N4O3. The third-order valence-electron chi connectivity index (χ3n) is 4.09. The van der Waals surface area contributed by atoms with Crippen LogP contribution in [0.2, 0.25) is 0 Å². The molecule has 0 aliphatic carbocycles. The SMILES string of the molecule is COc1cccc(C2CN(C(=O)Cc3nonc3C)CCN2)c1. The summed E-state index contributed by atoms with van der Waals surface area (Å²) in [5, 5.41) is 10.9. The lowest BCUT2D eigenvalue weighted by molar-refractivity contribution is -0.131. The summed E-state index contributed by atoms with van der Waals surface area (Å²) in [7, 11) is 1.65. The number of carbonyl (C=O) groups excluding carboxylic acids is 1. The minimum absolute atomic E-state index is 0.0400. The molecular weight excluding hydrogens is 296 g/mol. The number of hydrogen-bond donors (Lipinski definition) is 1. The molecule has 1 aliphatic rings. The summed E-state index contributed by atoms with van der Waals surface area (Å²) in [5.41, 5.74) is 2.38. The highest BCUT2D eigenvalue weighted by atomic mass is 16.6. The molecule has 1 saturated heterocycles. The van der Waals surface area contributed by atoms with E-state index in [0.29, 0.717) is 24.5 Å². The Balaban J connectivity index is 1.68. The normalized spacial score (nSPS) is 18.0. The van der Waals surface area contributed by atoms with Gasteiger partial charge in [0.1, 0.15) is 17.1 Å². The predicted molar refractivity (Wildman–Crippen MR) is 83.1 cm³/mol. The molecule has 0 bridgehead atoms. The molecule has 0 radical (unpaired) electrons. The number of piperazine rings is 1. The molecule has 1 aromatic heterocycles. The number of nitrogens with zero attached hydrogens (tertiary/aromatic N) is 3. The number of amides is 1. The van der Waals surface area contributed by atoms with E-state index in [0.717, 1.165) is 17.9 Å². The van der Waals surface area contributed by atoms with E-state index in [1.807, 2.05) is 29.2 Å². The van der Waals surface area contributed by atoms with E-state index in [1.165, 1.54) is 0 Å². The average Bonchev–Trinajstić information content (AvgIpc) is 3.00. The number of nitrogens with one attached hydrogen (secondary N) is 1. The number of aryl methyl sites for hydroxylation is 1. The minimum Gasteiger partial charge on any atom is -0.497 e. The topological polar surface area (TPSA) is 80.5 Å². The first kappa shape index (κ1) is 15.5. The van der Waals surface area contributed by atoms with Crippen molar-refractivity contribution in [3.63, 3.8) is 0 Å². The lowest BCUT2D eigenvalue weighted by atomic mass is 10.0. The van der Waals surface area contributed by atoms with Gasteiger partial charge < -0.3 is 15.0 Å². The maximum atomic E-state index is 12.5. The molecule has 1 aliphatic heterocycles. The lowest BCUT2D eigenvalue weighted by Gasteiger charge is -2.34. The van der Waals surface area contributed by atoms with E-state index in [4.69, 9.17) is 4.74 Å². The van der Waals surface area contributed by atoms with Crippen molar-refractivity contribution in [2.75, 3.05) is 26.7 Å². The highest BCUT2D eigenvalue weighted by Gasteiger charge is 2.25. The van der Waals surface area contributed by atoms with Gasteiger partial charge in [-0.15, -0.1) is 0 Å². The molecule has 1 aromatic carbocycles. The summed E-state index contributed by atoms with van der Waals surface area (Å²) < 4.78 is 9.92. The first-order valence-electron chi connectivity index (χ1n) is 7.60. The van der Waals surface area contributed by atoms with E-state index in [-0.39, 0.29) is 18.4 Å². The molecule has 1 unspecified atom stereocenters. The minimum atomic E-state index is 0.0400. The second-order valence-corrected chi connectivity index (χ2v) is 5.60. The largest absolute Gasteiger partial charge is 0.497 e. The monoisotopic (exact) mass is 316 g/mol. The summed E-state index contributed by atoms with van der Waals surface area (Å²) in [6.07, 6.45) is 0.222. The van der Waals surface area contributed by atoms with Crippen LogP contribution in [0.1, 0.15) is 23.0 Å². The number of ether oxygens (including phenoxy) is 1. The van der Waals surface area contributed by atoms with Gasteiger partial charge in [-0.2, -0.15) is 0 Å². The summed E-state index contributed by atoms with van der Waals surface area (Å²) in [6.45, 7) is 3.85. The molecule has 7 nitrogen and oxygen atoms in total. The van der Waals surface area contributed by atoms with Crippen molar-refractivity contribution in [2.24, 2.45) is 0 Å². The molecule has 0 spiro atoms. The van der Waals surface area contributed by atoms with E-state index in [2.05, 4.69) is 20.3 Å². The fourth-order valence-electron chi connectivity index (χ4n) is 2.72. The van der Waals surface area contributed by atoms with Crippen LogP contribution in [0.4, 0.5) is 0 Å². The second kappa shape index (κ2) is 6.78. The van der Waals surface area contributed by atoms with Gasteiger partial charge >= 0.3 is 0 Å². The molecule has 2 heterocycles. The van der Waals surface area contributed by atoms with Crippen LogP contribution in [0, 0.1) is 6.92 Å². The summed E-state index contributed by atoms with van der Waals surface area (Å²) >= 11 is 0. The summed E-state index contributed by atoms with van der Waals surface area (Å²) in [6, 6.07) is 8.01. The number of benzene rings is 1. The van der Waals surface area contributed by atoms with Crippen LogP contribution in [0.3, 0.4) is 0 Å². The molecule has 3 rings (SSSR count). The Labute approximate surface area is 134 Å². The molecule has 1 atom stereocenters. The Hall–Kier alpha value is -2.41. The smallest absolute Gasteiger partial charge is 0.228 e. The highest BCUT2D eigenvalue weighted by Crippen LogP contribution is 2.22. The lowest BCUT2D eigenvalue weighted by Crippen LogP contribution is -2.48. The standard InChI is InChI=1S/C16H20N4O3/c1-11-14(19-23-18-11)9-16(21)20-7-6-17-15(10-20)12-4-3-5-13(8-12)22-2/h3-5,8,15,17H,6-7,9-10H2,1-2H3. The van der Waals surface area contributed by atoms with Crippen LogP contribution in [-0.4, -0.2) is 47.9 Å². The number of rotatable bonds is 4. The van der Waals surface area contributed by atoms with Crippen molar-refractivity contribution in [2.45, 2.75) is 19.4 Å². The predicted octanol–water partition coefficient (Wildman–Crippen LogP) is 1.10. The quantitative estimate of drug-likeness (QED) is 0.910. The zero-order chi connectivity index (χ0) is 16.2. The fourth-order valence-corrected chi connectivity index (χ4v) is 2.72. The highest BCUT2D eigenvalue weighted by molar-refractivity contribution is 5.78. The number of carbonyl (C=O) groups is 1. The van der Waals surface area contributed by atoms with E-state index < -0.39 is 0 Å². The Morgan fingerprint density at radius 3 is 3.09 bits per heavy atom. The van der Waals surface area contributed by atoms with Gasteiger partial charge in [0.15, 0.2) is 0 Å². The average molecular weight is 316 g/mol. The Kier molecular flexibility index (Phi) is 4.57. The van der Waals surface area contributed by atoms with Crippen molar-refractivity contribution in [3.8, 4) is 5.75 Å². The van der Waals surface area contributed by atoms with Gasteiger partial charge in [-0.3, -0.25) is 4.79 Å². The molecule has 7 heteroatoms. The van der Waals surface area contributed by atoms with Gasteiger partial charge in [-0.25, -0.2) is 4.63 Å². The van der Waals surface area contributed by atoms with Crippen molar-refractivity contribution in [1.29, 1.82) is 0 Å². The van der Waals surface area contributed by atoms with Crippen LogP contribution in [0.15, 0.2) is 28.9 Å².